The van der Waals surface area contributed by atoms with Gasteiger partial charge >= 0.3 is 0 Å². The molecule has 1 N–H and O–H groups in total. The van der Waals surface area contributed by atoms with Crippen molar-refractivity contribution >= 4 is 21.4 Å². The number of hydrogen-bond donors (Lipinski definition) is 1. The number of aromatic nitrogens is 1. The van der Waals surface area contributed by atoms with Crippen molar-refractivity contribution < 1.29 is 4.74 Å². The minimum atomic E-state index is 0.669. The van der Waals surface area contributed by atoms with Crippen LogP contribution in [-0.2, 0) is 6.54 Å². The molecule has 0 saturated carbocycles. The fraction of sp³-hybridized carbons (Fsp3) is 0.133. The van der Waals surface area contributed by atoms with E-state index >= 15 is 0 Å². The van der Waals surface area contributed by atoms with Gasteiger partial charge in [-0.25, -0.2) is 4.98 Å². The third kappa shape index (κ3) is 2.45. The van der Waals surface area contributed by atoms with E-state index in [1.54, 1.807) is 17.5 Å². The second-order valence-corrected chi connectivity index (χ2v) is 5.14. The van der Waals surface area contributed by atoms with Crippen LogP contribution < -0.4 is 10.1 Å². The third-order valence-electron chi connectivity index (χ3n) is 2.89. The SMILES string of the molecule is CNCc1ccccc1Oc1nccc2sccc12. The van der Waals surface area contributed by atoms with Crippen LogP contribution in [0.2, 0.25) is 0 Å². The molecule has 0 aliphatic rings. The molecule has 0 radical (unpaired) electrons. The van der Waals surface area contributed by atoms with E-state index in [9.17, 15) is 0 Å². The Bertz CT molecular complexity index is 693. The highest BCUT2D eigenvalue weighted by atomic mass is 32.1. The van der Waals surface area contributed by atoms with Gasteiger partial charge in [0, 0.05) is 23.0 Å². The molecule has 3 aromatic rings. The number of fused-ring (bicyclic) bond motifs is 1. The molecule has 2 aromatic heterocycles. The Hall–Kier alpha value is -1.91. The highest BCUT2D eigenvalue weighted by Gasteiger charge is 2.08. The van der Waals surface area contributed by atoms with Gasteiger partial charge in [0.05, 0.1) is 5.39 Å². The van der Waals surface area contributed by atoms with Crippen LogP contribution in [0.5, 0.6) is 11.6 Å². The molecule has 0 fully saturated rings. The molecule has 3 rings (SSSR count). The summed E-state index contributed by atoms with van der Waals surface area (Å²) in [4.78, 5) is 4.34. The van der Waals surface area contributed by atoms with Crippen LogP contribution in [0.4, 0.5) is 0 Å². The maximum Gasteiger partial charge on any atom is 0.227 e. The predicted molar refractivity (Wildman–Crippen MR) is 78.9 cm³/mol. The molecule has 0 atom stereocenters. The van der Waals surface area contributed by atoms with Crippen LogP contribution in [0.1, 0.15) is 5.56 Å². The molecule has 0 unspecified atom stereocenters. The van der Waals surface area contributed by atoms with Gasteiger partial charge in [-0.3, -0.25) is 0 Å². The van der Waals surface area contributed by atoms with Crippen LogP contribution in [0.15, 0.2) is 48.0 Å². The zero-order chi connectivity index (χ0) is 13.1. The second kappa shape index (κ2) is 5.38. The summed E-state index contributed by atoms with van der Waals surface area (Å²) >= 11 is 1.69. The molecule has 0 saturated heterocycles. The first kappa shape index (κ1) is 12.1. The lowest BCUT2D eigenvalue weighted by molar-refractivity contribution is 0.461. The second-order valence-electron chi connectivity index (χ2n) is 4.19. The van der Waals surface area contributed by atoms with Crippen molar-refractivity contribution in [3.63, 3.8) is 0 Å². The van der Waals surface area contributed by atoms with Crippen LogP contribution >= 0.6 is 11.3 Å². The van der Waals surface area contributed by atoms with Crippen molar-refractivity contribution in [2.75, 3.05) is 7.05 Å². The number of nitrogens with zero attached hydrogens (tertiary/aromatic N) is 1. The molecular formula is C15H14N2OS. The normalized spacial score (nSPS) is 10.8. The van der Waals surface area contributed by atoms with Gasteiger partial charge in [-0.1, -0.05) is 18.2 Å². The molecular weight excluding hydrogens is 256 g/mol. The van der Waals surface area contributed by atoms with Gasteiger partial charge in [-0.05, 0) is 30.6 Å². The Morgan fingerprint density at radius 2 is 2.11 bits per heavy atom. The van der Waals surface area contributed by atoms with Crippen molar-refractivity contribution in [1.29, 1.82) is 0 Å². The molecule has 0 amide bonds. The van der Waals surface area contributed by atoms with Crippen molar-refractivity contribution in [2.45, 2.75) is 6.54 Å². The van der Waals surface area contributed by atoms with Gasteiger partial charge in [0.1, 0.15) is 5.75 Å². The van der Waals surface area contributed by atoms with Gasteiger partial charge in [0.15, 0.2) is 0 Å². The first-order chi connectivity index (χ1) is 9.38. The highest BCUT2D eigenvalue weighted by molar-refractivity contribution is 7.17. The lowest BCUT2D eigenvalue weighted by atomic mass is 10.2. The Kier molecular flexibility index (Phi) is 3.44. The number of pyridine rings is 1. The van der Waals surface area contributed by atoms with Crippen LogP contribution in [0.3, 0.4) is 0 Å². The first-order valence-electron chi connectivity index (χ1n) is 6.11. The summed E-state index contributed by atoms with van der Waals surface area (Å²) in [5.41, 5.74) is 1.12. The first-order valence-corrected chi connectivity index (χ1v) is 6.99. The van der Waals surface area contributed by atoms with Gasteiger partial charge in [-0.15, -0.1) is 11.3 Å². The van der Waals surface area contributed by atoms with E-state index < -0.39 is 0 Å². The quantitative estimate of drug-likeness (QED) is 0.783. The number of hydrogen-bond acceptors (Lipinski definition) is 4. The fourth-order valence-corrected chi connectivity index (χ4v) is 2.77. The average Bonchev–Trinajstić information content (AvgIpc) is 2.91. The van der Waals surface area contributed by atoms with Crippen LogP contribution in [-0.4, -0.2) is 12.0 Å². The van der Waals surface area contributed by atoms with E-state index in [4.69, 9.17) is 4.74 Å². The number of nitrogens with one attached hydrogen (secondary N) is 1. The maximum absolute atomic E-state index is 5.99. The fourth-order valence-electron chi connectivity index (χ4n) is 1.99. The molecule has 1 aromatic carbocycles. The maximum atomic E-state index is 5.99. The summed E-state index contributed by atoms with van der Waals surface area (Å²) in [6.07, 6.45) is 1.79. The Balaban J connectivity index is 1.99. The Morgan fingerprint density at radius 3 is 3.00 bits per heavy atom. The van der Waals surface area contributed by atoms with E-state index in [1.165, 1.54) is 4.70 Å². The number of para-hydroxylation sites is 1. The number of thiophene rings is 1. The lowest BCUT2D eigenvalue weighted by Crippen LogP contribution is -2.06. The average molecular weight is 270 g/mol. The van der Waals surface area contributed by atoms with Crippen LogP contribution in [0, 0.1) is 0 Å². The molecule has 3 nitrogen and oxygen atoms in total. The van der Waals surface area contributed by atoms with E-state index in [1.807, 2.05) is 37.4 Å². The van der Waals surface area contributed by atoms with Gasteiger partial charge in [0.25, 0.3) is 0 Å². The molecule has 0 aliphatic carbocycles. The van der Waals surface area contributed by atoms with E-state index in [0.29, 0.717) is 5.88 Å². The summed E-state index contributed by atoms with van der Waals surface area (Å²) in [5, 5.41) is 6.26. The molecule has 2 heterocycles. The summed E-state index contributed by atoms with van der Waals surface area (Å²) < 4.78 is 7.18. The zero-order valence-electron chi connectivity index (χ0n) is 10.6. The molecule has 96 valence electrons. The van der Waals surface area contributed by atoms with Gasteiger partial charge < -0.3 is 10.1 Å². The predicted octanol–water partition coefficient (Wildman–Crippen LogP) is 3.81. The smallest absolute Gasteiger partial charge is 0.227 e. The van der Waals surface area contributed by atoms with Crippen molar-refractivity contribution in [3.05, 3.63) is 53.5 Å². The molecule has 0 spiro atoms. The molecule has 19 heavy (non-hydrogen) atoms. The number of benzene rings is 1. The monoisotopic (exact) mass is 270 g/mol. The lowest BCUT2D eigenvalue weighted by Gasteiger charge is -2.10. The Labute approximate surface area is 115 Å². The van der Waals surface area contributed by atoms with Crippen molar-refractivity contribution in [3.8, 4) is 11.6 Å². The van der Waals surface area contributed by atoms with E-state index in [-0.39, 0.29) is 0 Å². The van der Waals surface area contributed by atoms with Crippen molar-refractivity contribution in [2.24, 2.45) is 0 Å². The molecule has 4 heteroatoms. The largest absolute Gasteiger partial charge is 0.438 e. The van der Waals surface area contributed by atoms with Crippen molar-refractivity contribution in [1.82, 2.24) is 10.3 Å². The molecule has 0 aliphatic heterocycles. The minimum Gasteiger partial charge on any atom is -0.438 e. The number of ether oxygens (including phenoxy) is 1. The van der Waals surface area contributed by atoms with Gasteiger partial charge in [0.2, 0.25) is 5.88 Å². The summed E-state index contributed by atoms with van der Waals surface area (Å²) in [6.45, 7) is 0.774. The minimum absolute atomic E-state index is 0.669. The molecule has 0 bridgehead atoms. The third-order valence-corrected chi connectivity index (χ3v) is 3.77. The number of rotatable bonds is 4. The summed E-state index contributed by atoms with van der Waals surface area (Å²) in [5.74, 6) is 1.52. The standard InChI is InChI=1S/C15H14N2OS/c1-16-10-11-4-2-3-5-13(11)18-15-12-7-9-19-14(12)6-8-17-15/h2-9,16H,10H2,1H3. The van der Waals surface area contributed by atoms with E-state index in [2.05, 4.69) is 21.7 Å². The summed E-state index contributed by atoms with van der Waals surface area (Å²) in [7, 11) is 1.93. The van der Waals surface area contributed by atoms with E-state index in [0.717, 1.165) is 23.2 Å². The highest BCUT2D eigenvalue weighted by Crippen LogP contribution is 2.32. The summed E-state index contributed by atoms with van der Waals surface area (Å²) in [6, 6.07) is 12.1. The Morgan fingerprint density at radius 1 is 1.21 bits per heavy atom. The zero-order valence-corrected chi connectivity index (χ0v) is 11.4. The van der Waals surface area contributed by atoms with Gasteiger partial charge in [-0.2, -0.15) is 0 Å². The van der Waals surface area contributed by atoms with Crippen LogP contribution in [0.25, 0.3) is 10.1 Å². The topological polar surface area (TPSA) is 34.1 Å².